The van der Waals surface area contributed by atoms with Gasteiger partial charge in [0.25, 0.3) is 0 Å². The summed E-state index contributed by atoms with van der Waals surface area (Å²) in [5.74, 6) is 4.77. The summed E-state index contributed by atoms with van der Waals surface area (Å²) in [7, 11) is 0. The van der Waals surface area contributed by atoms with E-state index >= 15 is 0 Å². The minimum absolute atomic E-state index is 0.360. The van der Waals surface area contributed by atoms with Crippen molar-refractivity contribution in [2.75, 3.05) is 0 Å². The Morgan fingerprint density at radius 1 is 0.479 bits per heavy atom. The number of rotatable bonds is 4. The fraction of sp³-hybridized carbons (Fsp3) is 0.227. The summed E-state index contributed by atoms with van der Waals surface area (Å²) >= 11 is 0. The van der Waals surface area contributed by atoms with Gasteiger partial charge in [0.15, 0.2) is 17.5 Å². The lowest BCUT2D eigenvalue weighted by Crippen LogP contribution is -2.48. The molecule has 0 amide bonds. The maximum Gasteiger partial charge on any atom is 0.164 e. The molecule has 4 bridgehead atoms. The van der Waals surface area contributed by atoms with Gasteiger partial charge in [0.1, 0.15) is 0 Å². The van der Waals surface area contributed by atoms with Crippen LogP contribution >= 0.6 is 0 Å². The van der Waals surface area contributed by atoms with Crippen LogP contribution in [0.5, 0.6) is 0 Å². The lowest BCUT2D eigenvalue weighted by molar-refractivity contribution is -0.00518. The first-order valence-corrected chi connectivity index (χ1v) is 17.3. The fourth-order valence-electron chi connectivity index (χ4n) is 9.95. The number of aromatic nitrogens is 3. The molecule has 11 rings (SSSR count). The predicted octanol–water partition coefficient (Wildman–Crippen LogP) is 10.7. The van der Waals surface area contributed by atoms with Crippen LogP contribution in [-0.2, 0) is 5.41 Å². The van der Waals surface area contributed by atoms with E-state index in [0.29, 0.717) is 28.5 Å². The van der Waals surface area contributed by atoms with Crippen LogP contribution in [0.25, 0.3) is 66.5 Å². The minimum Gasteiger partial charge on any atom is -0.208 e. The van der Waals surface area contributed by atoms with E-state index in [2.05, 4.69) is 91.0 Å². The van der Waals surface area contributed by atoms with Gasteiger partial charge in [-0.25, -0.2) is 15.0 Å². The molecule has 0 atom stereocenters. The molecule has 0 aliphatic heterocycles. The Balaban J connectivity index is 1.12. The van der Waals surface area contributed by atoms with Crippen molar-refractivity contribution < 1.29 is 0 Å². The summed E-state index contributed by atoms with van der Waals surface area (Å²) in [5, 5.41) is 16.5. The normalized spacial score (nSPS) is 22.8. The number of fused-ring (bicyclic) bond motifs is 6. The minimum atomic E-state index is 0.360. The molecule has 230 valence electrons. The highest BCUT2D eigenvalue weighted by molar-refractivity contribution is 6.25. The third kappa shape index (κ3) is 4.38. The van der Waals surface area contributed by atoms with Gasteiger partial charge < -0.3 is 0 Å². The molecular formula is C44H34N4. The van der Waals surface area contributed by atoms with Crippen LogP contribution in [0, 0.1) is 29.1 Å². The second-order valence-electron chi connectivity index (χ2n) is 14.6. The van der Waals surface area contributed by atoms with Crippen LogP contribution < -0.4 is 0 Å². The predicted molar refractivity (Wildman–Crippen MR) is 193 cm³/mol. The molecule has 4 nitrogen and oxygen atoms in total. The van der Waals surface area contributed by atoms with Crippen molar-refractivity contribution in [1.82, 2.24) is 15.0 Å². The molecule has 0 unspecified atom stereocenters. The molecule has 7 aromatic rings. The van der Waals surface area contributed by atoms with Crippen molar-refractivity contribution >= 4 is 32.3 Å². The monoisotopic (exact) mass is 618 g/mol. The maximum absolute atomic E-state index is 9.67. The Kier molecular flexibility index (Phi) is 6.09. The van der Waals surface area contributed by atoms with Crippen molar-refractivity contribution in [1.29, 1.82) is 5.26 Å². The molecule has 4 saturated carbocycles. The molecule has 6 aromatic carbocycles. The van der Waals surface area contributed by atoms with Crippen LogP contribution in [0.15, 0.2) is 115 Å². The van der Waals surface area contributed by atoms with Gasteiger partial charge in [-0.1, -0.05) is 97.1 Å². The molecule has 4 aliphatic rings. The van der Waals surface area contributed by atoms with Crippen molar-refractivity contribution in [2.24, 2.45) is 17.8 Å². The van der Waals surface area contributed by atoms with Gasteiger partial charge in [-0.15, -0.1) is 0 Å². The summed E-state index contributed by atoms with van der Waals surface area (Å²) in [6, 6.07) is 42.7. The first-order chi connectivity index (χ1) is 23.6. The highest BCUT2D eigenvalue weighted by Crippen LogP contribution is 2.60. The standard InChI is InChI=1S/C44H34N4/c45-26-27-10-16-38-39(21-27)36-9-5-4-8-35(36)37-17-13-33(22-40(37)38)43-47-41(31-6-2-1-3-7-31)46-42(48-43)32-11-14-34(15-12-32)44-23-28-18-29(24-44)20-30(19-28)25-44/h1-17,21-22,28-30H,18-20,23-25H2. The van der Waals surface area contributed by atoms with Gasteiger partial charge in [0, 0.05) is 16.7 Å². The average Bonchev–Trinajstić information content (AvgIpc) is 3.14. The summed E-state index contributed by atoms with van der Waals surface area (Å²) in [4.78, 5) is 15.2. The lowest BCUT2D eigenvalue weighted by Gasteiger charge is -2.57. The second-order valence-corrected chi connectivity index (χ2v) is 14.6. The van der Waals surface area contributed by atoms with Crippen molar-refractivity contribution in [3.8, 4) is 40.2 Å². The van der Waals surface area contributed by atoms with E-state index in [0.717, 1.165) is 56.0 Å². The van der Waals surface area contributed by atoms with E-state index < -0.39 is 0 Å². The highest BCUT2D eigenvalue weighted by Gasteiger charge is 2.51. The molecular weight excluding hydrogens is 585 g/mol. The Morgan fingerprint density at radius 3 is 1.60 bits per heavy atom. The molecule has 4 fully saturated rings. The van der Waals surface area contributed by atoms with Crippen LogP contribution in [-0.4, -0.2) is 15.0 Å². The maximum atomic E-state index is 9.67. The van der Waals surface area contributed by atoms with E-state index in [9.17, 15) is 5.26 Å². The topological polar surface area (TPSA) is 62.5 Å². The second kappa shape index (κ2) is 10.6. The van der Waals surface area contributed by atoms with Crippen LogP contribution in [0.1, 0.15) is 49.7 Å². The smallest absolute Gasteiger partial charge is 0.164 e. The van der Waals surface area contributed by atoms with Crippen LogP contribution in [0.2, 0.25) is 0 Å². The highest BCUT2D eigenvalue weighted by atomic mass is 15.0. The van der Waals surface area contributed by atoms with E-state index in [1.165, 1.54) is 54.9 Å². The van der Waals surface area contributed by atoms with Crippen LogP contribution in [0.3, 0.4) is 0 Å². The molecule has 1 heterocycles. The number of hydrogen-bond donors (Lipinski definition) is 0. The first kappa shape index (κ1) is 27.7. The SMILES string of the molecule is N#Cc1ccc2c(c1)c1ccccc1c1ccc(-c3nc(-c4ccccc4)nc(-c4ccc(C56CC7CC(CC(C7)C5)C6)cc4)n3)cc12. The zero-order chi connectivity index (χ0) is 31.8. The van der Waals surface area contributed by atoms with Gasteiger partial charge in [0.05, 0.1) is 11.6 Å². The van der Waals surface area contributed by atoms with Gasteiger partial charge >= 0.3 is 0 Å². The van der Waals surface area contributed by atoms with Crippen molar-refractivity contribution in [3.05, 3.63) is 126 Å². The Bertz CT molecular complexity index is 2400. The van der Waals surface area contributed by atoms with Crippen molar-refractivity contribution in [3.63, 3.8) is 0 Å². The quantitative estimate of drug-likeness (QED) is 0.184. The summed E-state index contributed by atoms with van der Waals surface area (Å²) in [5.41, 5.74) is 5.45. The van der Waals surface area contributed by atoms with Gasteiger partial charge in [-0.2, -0.15) is 5.26 Å². The molecule has 4 aliphatic carbocycles. The molecule has 0 saturated heterocycles. The molecule has 0 radical (unpaired) electrons. The van der Waals surface area contributed by atoms with Gasteiger partial charge in [0.2, 0.25) is 0 Å². The number of benzene rings is 6. The number of hydrogen-bond acceptors (Lipinski definition) is 4. The van der Waals surface area contributed by atoms with E-state index in [1.807, 2.05) is 30.3 Å². The zero-order valence-corrected chi connectivity index (χ0v) is 26.7. The van der Waals surface area contributed by atoms with E-state index in [1.54, 1.807) is 0 Å². The Morgan fingerprint density at radius 2 is 0.958 bits per heavy atom. The van der Waals surface area contributed by atoms with Gasteiger partial charge in [-0.05, 0) is 118 Å². The zero-order valence-electron chi connectivity index (χ0n) is 26.7. The third-order valence-corrected chi connectivity index (χ3v) is 11.7. The third-order valence-electron chi connectivity index (χ3n) is 11.7. The van der Waals surface area contributed by atoms with Gasteiger partial charge in [-0.3, -0.25) is 0 Å². The van der Waals surface area contributed by atoms with Crippen LogP contribution in [0.4, 0.5) is 0 Å². The lowest BCUT2D eigenvalue weighted by atomic mass is 9.48. The summed E-state index contributed by atoms with van der Waals surface area (Å²) < 4.78 is 0. The molecule has 4 heteroatoms. The average molecular weight is 619 g/mol. The van der Waals surface area contributed by atoms with E-state index in [4.69, 9.17) is 15.0 Å². The van der Waals surface area contributed by atoms with E-state index in [-0.39, 0.29) is 0 Å². The Hall–Kier alpha value is -5.40. The Labute approximate surface area is 280 Å². The fourth-order valence-corrected chi connectivity index (χ4v) is 9.95. The number of nitriles is 1. The number of nitrogens with zero attached hydrogens (tertiary/aromatic N) is 4. The van der Waals surface area contributed by atoms with Crippen molar-refractivity contribution in [2.45, 2.75) is 43.9 Å². The largest absolute Gasteiger partial charge is 0.208 e. The summed E-state index contributed by atoms with van der Waals surface area (Å²) in [6.45, 7) is 0. The molecule has 0 spiro atoms. The molecule has 0 N–H and O–H groups in total. The molecule has 1 aromatic heterocycles. The molecule has 48 heavy (non-hydrogen) atoms. The summed E-state index contributed by atoms with van der Waals surface area (Å²) in [6.07, 6.45) is 8.43. The first-order valence-electron chi connectivity index (χ1n) is 17.3.